The number of anilines is 1. The van der Waals surface area contributed by atoms with Gasteiger partial charge in [0.15, 0.2) is 11.6 Å². The molecule has 94 valence electrons. The summed E-state index contributed by atoms with van der Waals surface area (Å²) >= 11 is 0. The summed E-state index contributed by atoms with van der Waals surface area (Å²) < 4.78 is 5.43. The summed E-state index contributed by atoms with van der Waals surface area (Å²) in [7, 11) is 3.45. The van der Waals surface area contributed by atoms with Gasteiger partial charge < -0.3 is 15.0 Å². The summed E-state index contributed by atoms with van der Waals surface area (Å²) in [6.07, 6.45) is 1.66. The van der Waals surface area contributed by atoms with Crippen molar-refractivity contribution < 1.29 is 9.53 Å². The first-order chi connectivity index (χ1) is 8.06. The summed E-state index contributed by atoms with van der Waals surface area (Å²) in [5.41, 5.74) is 0. The van der Waals surface area contributed by atoms with E-state index in [1.165, 1.54) is 0 Å². The number of ether oxygens (including phenoxy) is 1. The van der Waals surface area contributed by atoms with Crippen LogP contribution in [0.2, 0.25) is 0 Å². The first-order valence-corrected chi connectivity index (χ1v) is 5.61. The predicted octanol–water partition coefficient (Wildman–Crippen LogP) is 1.37. The van der Waals surface area contributed by atoms with E-state index >= 15 is 0 Å². The molecule has 1 aromatic rings. The van der Waals surface area contributed by atoms with E-state index in [1.54, 1.807) is 38.2 Å². The van der Waals surface area contributed by atoms with Crippen molar-refractivity contribution in [2.75, 3.05) is 26.0 Å². The van der Waals surface area contributed by atoms with Crippen molar-refractivity contribution in [3.8, 4) is 5.75 Å². The number of likely N-dealkylation sites (N-methyl/N-ethyl adjacent to an activating group) is 1. The first kappa shape index (κ1) is 13.3. The minimum atomic E-state index is -0.334. The zero-order valence-electron chi connectivity index (χ0n) is 10.7. The Balaban J connectivity index is 2.77. The molecule has 1 amide bonds. The van der Waals surface area contributed by atoms with Crippen LogP contribution in [0.25, 0.3) is 0 Å². The molecule has 0 radical (unpaired) electrons. The van der Waals surface area contributed by atoms with Crippen LogP contribution >= 0.6 is 0 Å². The van der Waals surface area contributed by atoms with Crippen molar-refractivity contribution in [1.29, 1.82) is 0 Å². The van der Waals surface area contributed by atoms with Gasteiger partial charge in [-0.25, -0.2) is 4.98 Å². The van der Waals surface area contributed by atoms with E-state index in [0.29, 0.717) is 18.2 Å². The van der Waals surface area contributed by atoms with Gasteiger partial charge in [-0.1, -0.05) is 0 Å². The fourth-order valence-electron chi connectivity index (χ4n) is 1.43. The van der Waals surface area contributed by atoms with Crippen molar-refractivity contribution in [3.63, 3.8) is 0 Å². The van der Waals surface area contributed by atoms with E-state index in [-0.39, 0.29) is 11.9 Å². The maximum atomic E-state index is 11.7. The van der Waals surface area contributed by atoms with Crippen LogP contribution in [-0.4, -0.2) is 42.5 Å². The Kier molecular flexibility index (Phi) is 4.75. The Labute approximate surface area is 102 Å². The molecule has 0 spiro atoms. The zero-order valence-corrected chi connectivity index (χ0v) is 10.7. The zero-order chi connectivity index (χ0) is 12.8. The van der Waals surface area contributed by atoms with Gasteiger partial charge in [0, 0.05) is 20.3 Å². The highest BCUT2D eigenvalue weighted by atomic mass is 16.5. The number of rotatable bonds is 5. The van der Waals surface area contributed by atoms with Gasteiger partial charge in [-0.3, -0.25) is 4.79 Å². The van der Waals surface area contributed by atoms with Gasteiger partial charge in [-0.05, 0) is 26.0 Å². The molecule has 0 fully saturated rings. The second kappa shape index (κ2) is 6.08. The topological polar surface area (TPSA) is 54.5 Å². The molecule has 0 aliphatic heterocycles. The van der Waals surface area contributed by atoms with Gasteiger partial charge in [0.1, 0.15) is 6.04 Å². The lowest BCUT2D eigenvalue weighted by Crippen LogP contribution is -2.36. The maximum absolute atomic E-state index is 11.7. The molecular formula is C12H19N3O2. The van der Waals surface area contributed by atoms with Crippen molar-refractivity contribution in [1.82, 2.24) is 9.88 Å². The van der Waals surface area contributed by atoms with E-state index in [4.69, 9.17) is 4.74 Å². The van der Waals surface area contributed by atoms with Crippen LogP contribution < -0.4 is 10.1 Å². The minimum absolute atomic E-state index is 0.00176. The molecule has 1 atom stereocenters. The molecule has 1 aromatic heterocycles. The average molecular weight is 237 g/mol. The number of carbonyl (C=O) groups is 1. The summed E-state index contributed by atoms with van der Waals surface area (Å²) in [4.78, 5) is 17.4. The van der Waals surface area contributed by atoms with Gasteiger partial charge in [-0.2, -0.15) is 0 Å². The molecule has 0 aromatic carbocycles. The largest absolute Gasteiger partial charge is 0.490 e. The number of aromatic nitrogens is 1. The first-order valence-electron chi connectivity index (χ1n) is 5.61. The third-order valence-electron chi connectivity index (χ3n) is 2.23. The molecule has 5 heteroatoms. The number of hydrogen-bond donors (Lipinski definition) is 1. The molecule has 5 nitrogen and oxygen atoms in total. The van der Waals surface area contributed by atoms with Crippen molar-refractivity contribution in [3.05, 3.63) is 18.3 Å². The monoisotopic (exact) mass is 237 g/mol. The molecule has 1 rings (SSSR count). The Bertz CT molecular complexity index is 380. The summed E-state index contributed by atoms with van der Waals surface area (Å²) in [5.74, 6) is 1.25. The van der Waals surface area contributed by atoms with E-state index in [1.807, 2.05) is 13.0 Å². The summed E-state index contributed by atoms with van der Waals surface area (Å²) in [6.45, 7) is 4.27. The Morgan fingerprint density at radius 1 is 1.59 bits per heavy atom. The lowest BCUT2D eigenvalue weighted by molar-refractivity contribution is -0.129. The van der Waals surface area contributed by atoms with E-state index in [0.717, 1.165) is 0 Å². The molecule has 1 heterocycles. The number of pyridine rings is 1. The minimum Gasteiger partial charge on any atom is -0.490 e. The van der Waals surface area contributed by atoms with Crippen LogP contribution in [0.5, 0.6) is 5.75 Å². The predicted molar refractivity (Wildman–Crippen MR) is 67.2 cm³/mol. The molecular weight excluding hydrogens is 218 g/mol. The van der Waals surface area contributed by atoms with Gasteiger partial charge in [0.2, 0.25) is 5.91 Å². The second-order valence-electron chi connectivity index (χ2n) is 3.88. The van der Waals surface area contributed by atoms with Gasteiger partial charge >= 0.3 is 0 Å². The van der Waals surface area contributed by atoms with E-state index < -0.39 is 0 Å². The van der Waals surface area contributed by atoms with Crippen LogP contribution in [0.1, 0.15) is 13.8 Å². The molecule has 0 aliphatic carbocycles. The molecule has 1 N–H and O–H groups in total. The standard InChI is InChI=1S/C12H19N3O2/c1-5-17-10-7-6-8-13-11(10)14-9(2)12(16)15(3)4/h6-9H,5H2,1-4H3,(H,13,14). The van der Waals surface area contributed by atoms with Crippen LogP contribution in [0.15, 0.2) is 18.3 Å². The summed E-state index contributed by atoms with van der Waals surface area (Å²) in [5, 5.41) is 3.05. The smallest absolute Gasteiger partial charge is 0.244 e. The lowest BCUT2D eigenvalue weighted by atomic mass is 10.3. The number of carbonyl (C=O) groups excluding carboxylic acids is 1. The van der Waals surface area contributed by atoms with E-state index in [9.17, 15) is 4.79 Å². The Morgan fingerprint density at radius 3 is 2.88 bits per heavy atom. The quantitative estimate of drug-likeness (QED) is 0.840. The Hall–Kier alpha value is -1.78. The molecule has 1 unspecified atom stereocenters. The highest BCUT2D eigenvalue weighted by molar-refractivity contribution is 5.83. The SMILES string of the molecule is CCOc1cccnc1NC(C)C(=O)N(C)C. The summed E-state index contributed by atoms with van der Waals surface area (Å²) in [6, 6.07) is 3.29. The number of hydrogen-bond acceptors (Lipinski definition) is 4. The number of nitrogens with one attached hydrogen (secondary N) is 1. The van der Waals surface area contributed by atoms with Gasteiger partial charge in [-0.15, -0.1) is 0 Å². The average Bonchev–Trinajstić information content (AvgIpc) is 2.30. The molecule has 0 saturated carbocycles. The molecule has 0 bridgehead atoms. The van der Waals surface area contributed by atoms with Gasteiger partial charge in [0.05, 0.1) is 6.61 Å². The van der Waals surface area contributed by atoms with E-state index in [2.05, 4.69) is 10.3 Å². The molecule has 0 aliphatic rings. The van der Waals surface area contributed by atoms with Crippen molar-refractivity contribution in [2.45, 2.75) is 19.9 Å². The second-order valence-corrected chi connectivity index (χ2v) is 3.88. The fraction of sp³-hybridized carbons (Fsp3) is 0.500. The third kappa shape index (κ3) is 3.62. The number of nitrogens with zero attached hydrogens (tertiary/aromatic N) is 2. The van der Waals surface area contributed by atoms with Crippen molar-refractivity contribution >= 4 is 11.7 Å². The van der Waals surface area contributed by atoms with Gasteiger partial charge in [0.25, 0.3) is 0 Å². The Morgan fingerprint density at radius 2 is 2.29 bits per heavy atom. The number of amides is 1. The van der Waals surface area contributed by atoms with Crippen LogP contribution in [0.4, 0.5) is 5.82 Å². The normalized spacial score (nSPS) is 11.8. The lowest BCUT2D eigenvalue weighted by Gasteiger charge is -2.19. The van der Waals surface area contributed by atoms with Crippen molar-refractivity contribution in [2.24, 2.45) is 0 Å². The highest BCUT2D eigenvalue weighted by Gasteiger charge is 2.16. The third-order valence-corrected chi connectivity index (χ3v) is 2.23. The maximum Gasteiger partial charge on any atom is 0.244 e. The molecule has 0 saturated heterocycles. The van der Waals surface area contributed by atoms with Crippen LogP contribution in [0, 0.1) is 0 Å². The fourth-order valence-corrected chi connectivity index (χ4v) is 1.43. The van der Waals surface area contributed by atoms with Crippen LogP contribution in [0.3, 0.4) is 0 Å². The van der Waals surface area contributed by atoms with Crippen LogP contribution in [-0.2, 0) is 4.79 Å². The molecule has 17 heavy (non-hydrogen) atoms. The highest BCUT2D eigenvalue weighted by Crippen LogP contribution is 2.21.